The fourth-order valence-electron chi connectivity index (χ4n) is 2.42. The Labute approximate surface area is 139 Å². The molecule has 0 saturated heterocycles. The summed E-state index contributed by atoms with van der Waals surface area (Å²) in [5, 5.41) is 5.26. The molecule has 0 aromatic carbocycles. The average molecular weight is 349 g/mol. The molecule has 23 heavy (non-hydrogen) atoms. The minimum absolute atomic E-state index is 0.157. The molecule has 0 aromatic rings. The second kappa shape index (κ2) is 10.1. The first-order chi connectivity index (χ1) is 10.5. The van der Waals surface area contributed by atoms with Gasteiger partial charge in [-0.1, -0.05) is 27.7 Å². The molecule has 0 aromatic heterocycles. The van der Waals surface area contributed by atoms with E-state index >= 15 is 0 Å². The third-order valence-corrected chi connectivity index (χ3v) is 5.09. The van der Waals surface area contributed by atoms with Crippen LogP contribution in [0, 0.1) is 17.8 Å². The summed E-state index contributed by atoms with van der Waals surface area (Å²) in [6.45, 7) is 7.80. The summed E-state index contributed by atoms with van der Waals surface area (Å²) < 4.78 is 11.9. The van der Waals surface area contributed by atoms with E-state index in [0.29, 0.717) is 12.8 Å². The van der Waals surface area contributed by atoms with E-state index in [-0.39, 0.29) is 36.1 Å². The molecule has 0 radical (unpaired) electrons. The van der Waals surface area contributed by atoms with Crippen molar-refractivity contribution in [1.82, 2.24) is 10.6 Å². The highest BCUT2D eigenvalue weighted by Crippen LogP contribution is 2.41. The summed E-state index contributed by atoms with van der Waals surface area (Å²) >= 11 is 0. The number of hydrogen-bond acceptors (Lipinski definition) is 4. The lowest BCUT2D eigenvalue weighted by molar-refractivity contribution is -0.131. The third kappa shape index (κ3) is 9.08. The number of amides is 2. The number of nitrogens with one attached hydrogen (secondary N) is 2. The molecule has 8 heteroatoms. The van der Waals surface area contributed by atoms with Gasteiger partial charge in [-0.05, 0) is 24.7 Å². The Kier molecular flexibility index (Phi) is 9.66. The number of hydrogen-bond donors (Lipinski definition) is 4. The highest BCUT2D eigenvalue weighted by atomic mass is 31.2. The molecular formula is C15H32N3O4P. The van der Waals surface area contributed by atoms with Crippen molar-refractivity contribution < 1.29 is 19.0 Å². The second-order valence-corrected chi connectivity index (χ2v) is 9.27. The van der Waals surface area contributed by atoms with E-state index in [0.717, 1.165) is 0 Å². The van der Waals surface area contributed by atoms with Gasteiger partial charge >= 0.3 is 0 Å². The van der Waals surface area contributed by atoms with E-state index in [1.165, 1.54) is 7.05 Å². The van der Waals surface area contributed by atoms with Crippen molar-refractivity contribution >= 4 is 19.2 Å². The van der Waals surface area contributed by atoms with Crippen LogP contribution in [0.25, 0.3) is 0 Å². The van der Waals surface area contributed by atoms with Crippen LogP contribution >= 0.6 is 7.37 Å². The van der Waals surface area contributed by atoms with Crippen LogP contribution in [0.5, 0.6) is 0 Å². The Balaban J connectivity index is 5.10. The van der Waals surface area contributed by atoms with Crippen LogP contribution in [0.4, 0.5) is 0 Å². The van der Waals surface area contributed by atoms with Gasteiger partial charge in [-0.2, -0.15) is 0 Å². The van der Waals surface area contributed by atoms with E-state index in [9.17, 15) is 19.0 Å². The normalized spacial score (nSPS) is 16.7. The van der Waals surface area contributed by atoms with Gasteiger partial charge in [0.05, 0.1) is 6.29 Å². The minimum atomic E-state index is -3.52. The summed E-state index contributed by atoms with van der Waals surface area (Å²) in [5.74, 6) is -0.841. The minimum Gasteiger partial charge on any atom is -0.357 e. The summed E-state index contributed by atoms with van der Waals surface area (Å²) in [6.07, 6.45) is 0.474. The molecule has 136 valence electrons. The van der Waals surface area contributed by atoms with Crippen molar-refractivity contribution in [1.29, 1.82) is 0 Å². The van der Waals surface area contributed by atoms with Crippen LogP contribution in [0.15, 0.2) is 0 Å². The van der Waals surface area contributed by atoms with Crippen molar-refractivity contribution in [2.45, 2.75) is 46.6 Å². The molecule has 0 rings (SSSR count). The van der Waals surface area contributed by atoms with Gasteiger partial charge in [-0.15, -0.1) is 0 Å². The number of carbonyl (C=O) groups is 2. The molecule has 0 aliphatic heterocycles. The van der Waals surface area contributed by atoms with E-state index in [2.05, 4.69) is 10.6 Å². The zero-order valence-corrected chi connectivity index (χ0v) is 15.7. The van der Waals surface area contributed by atoms with Crippen molar-refractivity contribution in [2.24, 2.45) is 23.5 Å². The van der Waals surface area contributed by atoms with Crippen LogP contribution in [0.1, 0.15) is 40.5 Å². The Hall–Kier alpha value is -0.910. The Bertz CT molecular complexity index is 440. The Morgan fingerprint density at radius 2 is 1.61 bits per heavy atom. The molecule has 0 saturated carbocycles. The lowest BCUT2D eigenvalue weighted by Gasteiger charge is -2.25. The maximum absolute atomic E-state index is 12.5. The van der Waals surface area contributed by atoms with Gasteiger partial charge in [-0.3, -0.25) is 14.2 Å². The topological polar surface area (TPSA) is 122 Å². The Morgan fingerprint density at radius 1 is 1.09 bits per heavy atom. The van der Waals surface area contributed by atoms with Gasteiger partial charge in [-0.25, -0.2) is 0 Å². The molecule has 0 aliphatic rings. The van der Waals surface area contributed by atoms with Crippen LogP contribution < -0.4 is 16.4 Å². The van der Waals surface area contributed by atoms with Crippen LogP contribution in [0.2, 0.25) is 0 Å². The first-order valence-corrected chi connectivity index (χ1v) is 10.1. The number of rotatable bonds is 10. The molecule has 0 aliphatic carbocycles. The van der Waals surface area contributed by atoms with E-state index < -0.39 is 19.3 Å². The predicted molar refractivity (Wildman–Crippen MR) is 92.1 cm³/mol. The summed E-state index contributed by atoms with van der Waals surface area (Å²) in [4.78, 5) is 34.2. The summed E-state index contributed by atoms with van der Waals surface area (Å²) in [5.41, 5.74) is 5.31. The zero-order valence-electron chi connectivity index (χ0n) is 14.8. The number of nitrogens with two attached hydrogens (primary N) is 1. The van der Waals surface area contributed by atoms with Gasteiger partial charge in [0.1, 0.15) is 6.04 Å². The van der Waals surface area contributed by atoms with E-state index in [1.807, 2.05) is 27.7 Å². The smallest absolute Gasteiger partial charge is 0.242 e. The largest absolute Gasteiger partial charge is 0.357 e. The van der Waals surface area contributed by atoms with Crippen LogP contribution in [-0.4, -0.2) is 42.2 Å². The van der Waals surface area contributed by atoms with Crippen molar-refractivity contribution in [3.05, 3.63) is 0 Å². The van der Waals surface area contributed by atoms with E-state index in [4.69, 9.17) is 5.73 Å². The van der Waals surface area contributed by atoms with Crippen molar-refractivity contribution in [2.75, 3.05) is 19.5 Å². The maximum atomic E-state index is 12.5. The van der Waals surface area contributed by atoms with Gasteiger partial charge in [0.2, 0.25) is 19.2 Å². The highest BCUT2D eigenvalue weighted by molar-refractivity contribution is 7.57. The maximum Gasteiger partial charge on any atom is 0.242 e. The van der Waals surface area contributed by atoms with Crippen molar-refractivity contribution in [3.8, 4) is 0 Å². The van der Waals surface area contributed by atoms with Crippen LogP contribution in [-0.2, 0) is 14.2 Å². The lowest BCUT2D eigenvalue weighted by Crippen LogP contribution is -2.49. The monoisotopic (exact) mass is 349 g/mol. The SMILES string of the molecule is CNC(=O)[C@H](CC(C)C)NC(=O)C(CC(C)C)CP(=O)(O)CN. The Morgan fingerprint density at radius 3 is 2.00 bits per heavy atom. The van der Waals surface area contributed by atoms with Gasteiger partial charge in [0.25, 0.3) is 0 Å². The molecule has 2 unspecified atom stereocenters. The summed E-state index contributed by atoms with van der Waals surface area (Å²) in [6, 6.07) is -0.641. The number of carbonyl (C=O) groups excluding carboxylic acids is 2. The standard InChI is InChI=1S/C15H32N3O4P/c1-10(2)6-12(8-23(21,22)9-16)14(19)18-13(7-11(3)4)15(20)17-5/h10-13H,6-9,16H2,1-5H3,(H,17,20)(H,18,19)(H,21,22)/t12?,13-/m0/s1. The predicted octanol–water partition coefficient (Wildman–Crippen LogP) is 1.11. The first-order valence-electron chi connectivity index (χ1n) is 8.05. The lowest BCUT2D eigenvalue weighted by atomic mass is 9.96. The van der Waals surface area contributed by atoms with Gasteiger partial charge < -0.3 is 21.3 Å². The molecule has 3 atom stereocenters. The fraction of sp³-hybridized carbons (Fsp3) is 0.867. The van der Waals surface area contributed by atoms with Crippen LogP contribution in [0.3, 0.4) is 0 Å². The van der Waals surface area contributed by atoms with Gasteiger partial charge in [0, 0.05) is 19.1 Å². The quantitative estimate of drug-likeness (QED) is 0.440. The highest BCUT2D eigenvalue weighted by Gasteiger charge is 2.31. The molecule has 2 amide bonds. The zero-order chi connectivity index (χ0) is 18.2. The summed E-state index contributed by atoms with van der Waals surface area (Å²) in [7, 11) is -2.01. The molecule has 7 nitrogen and oxygen atoms in total. The molecule has 0 bridgehead atoms. The average Bonchev–Trinajstić information content (AvgIpc) is 2.43. The molecule has 0 fully saturated rings. The number of likely N-dealkylation sites (N-methyl/N-ethyl adjacent to an activating group) is 1. The third-order valence-electron chi connectivity index (χ3n) is 3.50. The molecule has 0 spiro atoms. The van der Waals surface area contributed by atoms with E-state index in [1.54, 1.807) is 0 Å². The first kappa shape index (κ1) is 22.1. The molecule has 5 N–H and O–H groups in total. The fourth-order valence-corrected chi connectivity index (χ4v) is 3.57. The second-order valence-electron chi connectivity index (χ2n) is 6.84. The molecule has 0 heterocycles. The van der Waals surface area contributed by atoms with Gasteiger partial charge in [0.15, 0.2) is 0 Å². The molecular weight excluding hydrogens is 317 g/mol. The van der Waals surface area contributed by atoms with Crippen molar-refractivity contribution in [3.63, 3.8) is 0 Å².